The second kappa shape index (κ2) is 4.21. The molecule has 84 valence electrons. The molecule has 0 saturated carbocycles. The van der Waals surface area contributed by atoms with Gasteiger partial charge in [0.1, 0.15) is 10.2 Å². The van der Waals surface area contributed by atoms with Crippen LogP contribution >= 0.6 is 15.9 Å². The Balaban J connectivity index is 2.50. The molecule has 0 atom stereocenters. The Morgan fingerprint density at radius 1 is 1.56 bits per heavy atom. The first-order valence-electron chi connectivity index (χ1n) is 4.79. The first-order chi connectivity index (χ1) is 7.58. The largest absolute Gasteiger partial charge is 0.459 e. The highest BCUT2D eigenvalue weighted by atomic mass is 79.9. The van der Waals surface area contributed by atoms with Crippen LogP contribution in [-0.2, 0) is 4.74 Å². The number of imidazole rings is 1. The molecule has 2 aromatic rings. The van der Waals surface area contributed by atoms with Crippen LogP contribution in [0.1, 0.15) is 24.2 Å². The molecule has 0 amide bonds. The Labute approximate surface area is 101 Å². The summed E-state index contributed by atoms with van der Waals surface area (Å²) in [6.07, 6.45) is 3.10. The van der Waals surface area contributed by atoms with Crippen LogP contribution in [0.25, 0.3) is 5.65 Å². The van der Waals surface area contributed by atoms with Crippen LogP contribution < -0.4 is 0 Å². The molecule has 2 aromatic heterocycles. The first kappa shape index (κ1) is 11.1. The molecule has 0 aliphatic rings. The van der Waals surface area contributed by atoms with E-state index in [1.54, 1.807) is 32.3 Å². The lowest BCUT2D eigenvalue weighted by atomic mass is 10.3. The molecule has 0 unspecified atom stereocenters. The maximum Gasteiger partial charge on any atom is 0.342 e. The van der Waals surface area contributed by atoms with Crippen molar-refractivity contribution >= 4 is 27.5 Å². The van der Waals surface area contributed by atoms with E-state index in [0.717, 1.165) is 0 Å². The third kappa shape index (κ3) is 2.06. The van der Waals surface area contributed by atoms with Gasteiger partial charge in [0, 0.05) is 12.4 Å². The van der Waals surface area contributed by atoms with Crippen LogP contribution in [0.4, 0.5) is 0 Å². The average molecular weight is 284 g/mol. The van der Waals surface area contributed by atoms with Crippen molar-refractivity contribution in [3.63, 3.8) is 0 Å². The van der Waals surface area contributed by atoms with E-state index < -0.39 is 5.97 Å². The van der Waals surface area contributed by atoms with Crippen molar-refractivity contribution in [3.8, 4) is 0 Å². The van der Waals surface area contributed by atoms with Crippen LogP contribution in [0.2, 0.25) is 0 Å². The summed E-state index contributed by atoms with van der Waals surface area (Å²) in [6, 6.07) is 1.60. The normalized spacial score (nSPS) is 11.0. The minimum absolute atomic E-state index is 0.158. The summed E-state index contributed by atoms with van der Waals surface area (Å²) in [4.78, 5) is 15.9. The third-order valence-electron chi connectivity index (χ3n) is 1.89. The van der Waals surface area contributed by atoms with E-state index in [1.165, 1.54) is 4.52 Å². The van der Waals surface area contributed by atoms with Crippen molar-refractivity contribution in [3.05, 3.63) is 28.6 Å². The van der Waals surface area contributed by atoms with Crippen molar-refractivity contribution in [1.82, 2.24) is 14.6 Å². The van der Waals surface area contributed by atoms with Crippen molar-refractivity contribution in [1.29, 1.82) is 0 Å². The van der Waals surface area contributed by atoms with Gasteiger partial charge in [-0.15, -0.1) is 0 Å². The quantitative estimate of drug-likeness (QED) is 0.792. The minimum Gasteiger partial charge on any atom is -0.459 e. The zero-order chi connectivity index (χ0) is 11.7. The van der Waals surface area contributed by atoms with E-state index in [-0.39, 0.29) is 6.10 Å². The van der Waals surface area contributed by atoms with Gasteiger partial charge in [0.25, 0.3) is 0 Å². The maximum absolute atomic E-state index is 11.8. The predicted octanol–water partition coefficient (Wildman–Crippen LogP) is 2.06. The minimum atomic E-state index is -0.394. The second-order valence-corrected chi connectivity index (χ2v) is 4.34. The zero-order valence-electron chi connectivity index (χ0n) is 8.85. The van der Waals surface area contributed by atoms with E-state index in [0.29, 0.717) is 15.8 Å². The number of rotatable bonds is 2. The molecule has 5 nitrogen and oxygen atoms in total. The standard InChI is InChI=1S/C10H10BrN3O2/c1-6(2)16-10(15)7-5-8(11)13-14-4-3-12-9(7)14/h3-6H,1-2H3. The lowest BCUT2D eigenvalue weighted by molar-refractivity contribution is 0.0379. The number of aromatic nitrogens is 3. The van der Waals surface area contributed by atoms with Crippen molar-refractivity contribution in [2.75, 3.05) is 0 Å². The molecular formula is C10H10BrN3O2. The van der Waals surface area contributed by atoms with E-state index in [1.807, 2.05) is 0 Å². The van der Waals surface area contributed by atoms with Gasteiger partial charge in [0.15, 0.2) is 5.65 Å². The molecular weight excluding hydrogens is 274 g/mol. The number of carbonyl (C=O) groups is 1. The highest BCUT2D eigenvalue weighted by molar-refractivity contribution is 9.10. The van der Waals surface area contributed by atoms with Gasteiger partial charge in [-0.25, -0.2) is 14.3 Å². The van der Waals surface area contributed by atoms with Gasteiger partial charge < -0.3 is 4.74 Å². The lowest BCUT2D eigenvalue weighted by Crippen LogP contribution is -2.13. The molecule has 0 aliphatic heterocycles. The zero-order valence-corrected chi connectivity index (χ0v) is 10.4. The second-order valence-electron chi connectivity index (χ2n) is 3.53. The molecule has 16 heavy (non-hydrogen) atoms. The molecule has 6 heteroatoms. The van der Waals surface area contributed by atoms with Gasteiger partial charge in [0.2, 0.25) is 0 Å². The number of hydrogen-bond acceptors (Lipinski definition) is 4. The molecule has 0 saturated heterocycles. The fraction of sp³-hybridized carbons (Fsp3) is 0.300. The number of ether oxygens (including phenoxy) is 1. The van der Waals surface area contributed by atoms with E-state index >= 15 is 0 Å². The van der Waals surface area contributed by atoms with Crippen LogP contribution in [0.5, 0.6) is 0 Å². The first-order valence-corrected chi connectivity index (χ1v) is 5.58. The van der Waals surface area contributed by atoms with Gasteiger partial charge in [-0.2, -0.15) is 5.10 Å². The number of fused-ring (bicyclic) bond motifs is 1. The molecule has 0 fully saturated rings. The van der Waals surface area contributed by atoms with Crippen LogP contribution in [0.15, 0.2) is 23.1 Å². The Hall–Kier alpha value is -1.43. The summed E-state index contributed by atoms with van der Waals surface area (Å²) in [5, 5.41) is 4.12. The number of hydrogen-bond donors (Lipinski definition) is 0. The van der Waals surface area contributed by atoms with E-state index in [9.17, 15) is 4.79 Å². The van der Waals surface area contributed by atoms with Crippen LogP contribution in [0.3, 0.4) is 0 Å². The number of carbonyl (C=O) groups excluding carboxylic acids is 1. The summed E-state index contributed by atoms with van der Waals surface area (Å²) in [6.45, 7) is 3.60. The molecule has 2 rings (SSSR count). The predicted molar refractivity (Wildman–Crippen MR) is 61.2 cm³/mol. The van der Waals surface area contributed by atoms with Gasteiger partial charge in [-0.3, -0.25) is 0 Å². The van der Waals surface area contributed by atoms with Crippen molar-refractivity contribution in [2.24, 2.45) is 0 Å². The number of halogens is 1. The van der Waals surface area contributed by atoms with Crippen LogP contribution in [0, 0.1) is 0 Å². The SMILES string of the molecule is CC(C)OC(=O)c1cc(Br)nn2ccnc12. The molecule has 0 aliphatic carbocycles. The van der Waals surface area contributed by atoms with Gasteiger partial charge in [0.05, 0.1) is 6.10 Å². The number of nitrogens with zero attached hydrogens (tertiary/aromatic N) is 3. The van der Waals surface area contributed by atoms with Gasteiger partial charge in [-0.05, 0) is 35.8 Å². The monoisotopic (exact) mass is 283 g/mol. The summed E-state index contributed by atoms with van der Waals surface area (Å²) in [5.74, 6) is -0.394. The van der Waals surface area contributed by atoms with Crippen molar-refractivity contribution in [2.45, 2.75) is 20.0 Å². The Kier molecular flexibility index (Phi) is 2.91. The average Bonchev–Trinajstić information content (AvgIpc) is 2.62. The Bertz CT molecular complexity index is 536. The third-order valence-corrected chi connectivity index (χ3v) is 2.28. The van der Waals surface area contributed by atoms with Gasteiger partial charge >= 0.3 is 5.97 Å². The molecule has 0 spiro atoms. The highest BCUT2D eigenvalue weighted by Gasteiger charge is 2.16. The topological polar surface area (TPSA) is 56.5 Å². The maximum atomic E-state index is 11.8. The molecule has 2 heterocycles. The van der Waals surface area contributed by atoms with Crippen molar-refractivity contribution < 1.29 is 9.53 Å². The Morgan fingerprint density at radius 2 is 2.31 bits per heavy atom. The fourth-order valence-corrected chi connectivity index (χ4v) is 1.71. The number of esters is 1. The smallest absolute Gasteiger partial charge is 0.342 e. The molecule has 0 N–H and O–H groups in total. The van der Waals surface area contributed by atoms with Gasteiger partial charge in [-0.1, -0.05) is 0 Å². The summed E-state index contributed by atoms with van der Waals surface area (Å²) < 4.78 is 7.22. The van der Waals surface area contributed by atoms with Crippen LogP contribution in [-0.4, -0.2) is 26.7 Å². The summed E-state index contributed by atoms with van der Waals surface area (Å²) in [5.41, 5.74) is 0.898. The molecule has 0 aromatic carbocycles. The fourth-order valence-electron chi connectivity index (χ4n) is 1.31. The van der Waals surface area contributed by atoms with E-state index in [2.05, 4.69) is 26.0 Å². The van der Waals surface area contributed by atoms with E-state index in [4.69, 9.17) is 4.74 Å². The summed E-state index contributed by atoms with van der Waals surface area (Å²) >= 11 is 3.23. The summed E-state index contributed by atoms with van der Waals surface area (Å²) in [7, 11) is 0. The highest BCUT2D eigenvalue weighted by Crippen LogP contribution is 2.15. The molecule has 0 radical (unpaired) electrons. The lowest BCUT2D eigenvalue weighted by Gasteiger charge is -2.08. The Morgan fingerprint density at radius 3 is 3.00 bits per heavy atom. The molecule has 0 bridgehead atoms.